The van der Waals surface area contributed by atoms with E-state index in [1.54, 1.807) is 36.7 Å². The zero-order valence-electron chi connectivity index (χ0n) is 19.2. The Hall–Kier alpha value is -3.19. The molecule has 0 aliphatic carbocycles. The molecule has 1 aromatic carbocycles. The number of hydrogen-bond acceptors (Lipinski definition) is 6. The zero-order chi connectivity index (χ0) is 23.5. The van der Waals surface area contributed by atoms with Gasteiger partial charge in [-0.25, -0.2) is 0 Å². The summed E-state index contributed by atoms with van der Waals surface area (Å²) < 4.78 is 10.9. The molecule has 1 atom stereocenters. The molecule has 0 spiro atoms. The number of amides is 1. The van der Waals surface area contributed by atoms with Crippen molar-refractivity contribution in [2.24, 2.45) is 0 Å². The van der Waals surface area contributed by atoms with Gasteiger partial charge in [0.2, 0.25) is 0 Å². The highest BCUT2D eigenvalue weighted by atomic mass is 16.5. The third kappa shape index (κ3) is 4.53. The van der Waals surface area contributed by atoms with E-state index in [0.29, 0.717) is 17.7 Å². The van der Waals surface area contributed by atoms with Crippen molar-refractivity contribution < 1.29 is 24.2 Å². The number of ether oxygens (including phenoxy) is 2. The largest absolute Gasteiger partial charge is 0.507 e. The minimum Gasteiger partial charge on any atom is -0.507 e. The van der Waals surface area contributed by atoms with E-state index >= 15 is 0 Å². The Morgan fingerprint density at radius 3 is 2.56 bits per heavy atom. The van der Waals surface area contributed by atoms with Gasteiger partial charge in [0, 0.05) is 37.2 Å². The first-order valence-corrected chi connectivity index (χ1v) is 10.7. The van der Waals surface area contributed by atoms with Gasteiger partial charge in [-0.15, -0.1) is 0 Å². The molecule has 2 aromatic rings. The Bertz CT molecular complexity index is 1020. The van der Waals surface area contributed by atoms with Crippen molar-refractivity contribution in [3.8, 4) is 5.75 Å². The van der Waals surface area contributed by atoms with Crippen LogP contribution in [0.25, 0.3) is 5.76 Å². The third-order valence-electron chi connectivity index (χ3n) is 5.44. The van der Waals surface area contributed by atoms with E-state index in [0.717, 1.165) is 11.3 Å². The Morgan fingerprint density at radius 2 is 1.97 bits per heavy atom. The summed E-state index contributed by atoms with van der Waals surface area (Å²) in [5, 5.41) is 11.3. The highest BCUT2D eigenvalue weighted by Gasteiger charge is 2.46. The fraction of sp³-hybridized carbons (Fsp3) is 0.400. The van der Waals surface area contributed by atoms with E-state index in [2.05, 4.69) is 4.98 Å². The Labute approximate surface area is 188 Å². The van der Waals surface area contributed by atoms with Crippen LogP contribution in [0.15, 0.2) is 48.3 Å². The number of benzene rings is 1. The number of rotatable bonds is 7. The highest BCUT2D eigenvalue weighted by molar-refractivity contribution is 6.46. The number of aliphatic hydroxyl groups excluding tert-OH is 1. The maximum absolute atomic E-state index is 13.0. The molecule has 0 saturated carbocycles. The van der Waals surface area contributed by atoms with Crippen LogP contribution in [0.2, 0.25) is 0 Å². The molecule has 7 heteroatoms. The molecule has 1 aliphatic rings. The van der Waals surface area contributed by atoms with Crippen molar-refractivity contribution in [2.75, 3.05) is 26.9 Å². The zero-order valence-corrected chi connectivity index (χ0v) is 19.2. The topological polar surface area (TPSA) is 89.0 Å². The summed E-state index contributed by atoms with van der Waals surface area (Å²) in [6, 6.07) is 8.10. The molecule has 170 valence electrons. The molecule has 3 rings (SSSR count). The molecule has 0 radical (unpaired) electrons. The first-order chi connectivity index (χ1) is 15.2. The fourth-order valence-electron chi connectivity index (χ4n) is 3.88. The number of methoxy groups -OCH3 is 1. The first kappa shape index (κ1) is 23.5. The molecule has 1 aliphatic heterocycles. The molecule has 7 nitrogen and oxygen atoms in total. The number of Topliss-reactive ketones (excluding diaryl/α,β-unsaturated/α-hetero) is 1. The van der Waals surface area contributed by atoms with Crippen molar-refractivity contribution in [3.05, 3.63) is 65.0 Å². The van der Waals surface area contributed by atoms with Crippen molar-refractivity contribution in [1.82, 2.24) is 9.88 Å². The van der Waals surface area contributed by atoms with Crippen molar-refractivity contribution >= 4 is 17.4 Å². The monoisotopic (exact) mass is 438 g/mol. The van der Waals surface area contributed by atoms with Crippen LogP contribution >= 0.6 is 0 Å². The molecular formula is C25H30N2O5. The van der Waals surface area contributed by atoms with Crippen molar-refractivity contribution in [1.29, 1.82) is 0 Å². The number of hydrogen-bond donors (Lipinski definition) is 1. The van der Waals surface area contributed by atoms with Crippen molar-refractivity contribution in [3.63, 3.8) is 0 Å². The minimum absolute atomic E-state index is 0.0446. The van der Waals surface area contributed by atoms with Crippen LogP contribution in [-0.4, -0.2) is 53.5 Å². The van der Waals surface area contributed by atoms with E-state index in [9.17, 15) is 14.7 Å². The van der Waals surface area contributed by atoms with Crippen LogP contribution in [0.1, 0.15) is 50.4 Å². The third-order valence-corrected chi connectivity index (χ3v) is 5.44. The first-order valence-electron chi connectivity index (χ1n) is 10.7. The lowest BCUT2D eigenvalue weighted by atomic mass is 9.84. The molecule has 1 saturated heterocycles. The smallest absolute Gasteiger partial charge is 0.295 e. The number of carbonyl (C=O) groups excluding carboxylic acids is 2. The van der Waals surface area contributed by atoms with Gasteiger partial charge in [-0.1, -0.05) is 26.8 Å². The molecule has 1 N–H and O–H groups in total. The van der Waals surface area contributed by atoms with Gasteiger partial charge in [-0.2, -0.15) is 0 Å². The van der Waals surface area contributed by atoms with Gasteiger partial charge < -0.3 is 19.5 Å². The van der Waals surface area contributed by atoms with Gasteiger partial charge >= 0.3 is 0 Å². The summed E-state index contributed by atoms with van der Waals surface area (Å²) in [5.41, 5.74) is 1.79. The second kappa shape index (κ2) is 9.53. The number of likely N-dealkylation sites (tertiary alicyclic amines) is 1. The summed E-state index contributed by atoms with van der Waals surface area (Å²) in [7, 11) is 1.53. The SMILES string of the molecule is CCOc1ccc(/C(O)=C2/C(=O)C(=O)N(CCOC)C2c2cccnc2)cc1C(C)(C)C. The summed E-state index contributed by atoms with van der Waals surface area (Å²) >= 11 is 0. The molecule has 2 heterocycles. The molecule has 1 fully saturated rings. The number of pyridine rings is 1. The van der Waals surface area contributed by atoms with Crippen LogP contribution < -0.4 is 4.74 Å². The summed E-state index contributed by atoms with van der Waals surface area (Å²) in [5.74, 6) is -0.885. The van der Waals surface area contributed by atoms with Gasteiger partial charge in [-0.3, -0.25) is 14.6 Å². The lowest BCUT2D eigenvalue weighted by molar-refractivity contribution is -0.140. The second-order valence-electron chi connectivity index (χ2n) is 8.67. The van der Waals surface area contributed by atoms with Gasteiger partial charge in [0.15, 0.2) is 0 Å². The predicted octanol–water partition coefficient (Wildman–Crippen LogP) is 3.85. The molecular weight excluding hydrogens is 408 g/mol. The fourth-order valence-corrected chi connectivity index (χ4v) is 3.88. The predicted molar refractivity (Wildman–Crippen MR) is 121 cm³/mol. The van der Waals surface area contributed by atoms with Crippen LogP contribution in [0, 0.1) is 0 Å². The van der Waals surface area contributed by atoms with Crippen LogP contribution in [0.4, 0.5) is 0 Å². The van der Waals surface area contributed by atoms with Crippen LogP contribution in [-0.2, 0) is 19.7 Å². The number of aliphatic hydroxyl groups is 1. The number of aromatic nitrogens is 1. The van der Waals surface area contributed by atoms with Gasteiger partial charge in [0.1, 0.15) is 11.5 Å². The number of nitrogens with zero attached hydrogens (tertiary/aromatic N) is 2. The lowest BCUT2D eigenvalue weighted by Crippen LogP contribution is -2.32. The standard InChI is InChI=1S/C25H30N2O5/c1-6-32-19-10-9-16(14-18(19)25(2,3)4)22(28)20-21(17-8-7-11-26-15-17)27(12-13-31-5)24(30)23(20)29/h7-11,14-15,21,28H,6,12-13H2,1-5H3/b22-20-. The van der Waals surface area contributed by atoms with E-state index in [1.807, 2.05) is 33.8 Å². The average Bonchev–Trinajstić information content (AvgIpc) is 3.02. The molecule has 1 amide bonds. The second-order valence-corrected chi connectivity index (χ2v) is 8.67. The van der Waals surface area contributed by atoms with Crippen molar-refractivity contribution in [2.45, 2.75) is 39.2 Å². The highest BCUT2D eigenvalue weighted by Crippen LogP contribution is 2.40. The van der Waals surface area contributed by atoms with Crippen LogP contribution in [0.5, 0.6) is 5.75 Å². The summed E-state index contributed by atoms with van der Waals surface area (Å²) in [6.45, 7) is 9.06. The van der Waals surface area contributed by atoms with Gasteiger partial charge in [-0.05, 0) is 42.2 Å². The van der Waals surface area contributed by atoms with E-state index < -0.39 is 17.7 Å². The number of ketones is 1. The quantitative estimate of drug-likeness (QED) is 0.401. The molecule has 1 aromatic heterocycles. The number of carbonyl (C=O) groups is 2. The van der Waals surface area contributed by atoms with E-state index in [1.165, 1.54) is 12.0 Å². The lowest BCUT2D eigenvalue weighted by Gasteiger charge is -2.25. The molecule has 0 bridgehead atoms. The van der Waals surface area contributed by atoms with Gasteiger partial charge in [0.25, 0.3) is 11.7 Å². The van der Waals surface area contributed by atoms with E-state index in [4.69, 9.17) is 9.47 Å². The Kier molecular flexibility index (Phi) is 6.99. The van der Waals surface area contributed by atoms with Gasteiger partial charge in [0.05, 0.1) is 24.8 Å². The minimum atomic E-state index is -0.747. The Balaban J connectivity index is 2.18. The van der Waals surface area contributed by atoms with Crippen LogP contribution in [0.3, 0.4) is 0 Å². The van der Waals surface area contributed by atoms with E-state index in [-0.39, 0.29) is 29.9 Å². The summed E-state index contributed by atoms with van der Waals surface area (Å²) in [6.07, 6.45) is 3.22. The molecule has 1 unspecified atom stereocenters. The maximum atomic E-state index is 13.0. The molecule has 32 heavy (non-hydrogen) atoms. The summed E-state index contributed by atoms with van der Waals surface area (Å²) in [4.78, 5) is 31.4. The average molecular weight is 439 g/mol. The maximum Gasteiger partial charge on any atom is 0.295 e. The normalized spacial score (nSPS) is 18.3. The Morgan fingerprint density at radius 1 is 1.22 bits per heavy atom.